The van der Waals surface area contributed by atoms with Crippen LogP contribution in [0.25, 0.3) is 0 Å². The Morgan fingerprint density at radius 1 is 1.67 bits per heavy atom. The molecule has 0 saturated heterocycles. The van der Waals surface area contributed by atoms with E-state index in [4.69, 9.17) is 0 Å². The summed E-state index contributed by atoms with van der Waals surface area (Å²) in [7, 11) is 1.30. The highest BCUT2D eigenvalue weighted by atomic mass is 16.5. The van der Waals surface area contributed by atoms with Crippen LogP contribution < -0.4 is 0 Å². The van der Waals surface area contributed by atoms with Crippen LogP contribution in [0.15, 0.2) is 12.2 Å². The fourth-order valence-electron chi connectivity index (χ4n) is 1.30. The van der Waals surface area contributed by atoms with E-state index in [0.29, 0.717) is 6.42 Å². The van der Waals surface area contributed by atoms with Crippen molar-refractivity contribution in [3.8, 4) is 0 Å². The smallest absolute Gasteiger partial charge is 0.319 e. The Balaban J connectivity index is 2.90. The van der Waals surface area contributed by atoms with Gasteiger partial charge in [0.1, 0.15) is 5.41 Å². The minimum absolute atomic E-state index is 0.152. The monoisotopic (exact) mass is 168 g/mol. The Labute approximate surface area is 71.4 Å². The van der Waals surface area contributed by atoms with E-state index in [9.17, 15) is 9.59 Å². The Hall–Kier alpha value is -1.12. The summed E-state index contributed by atoms with van der Waals surface area (Å²) in [4.78, 5) is 22.6. The van der Waals surface area contributed by atoms with Crippen LogP contribution in [0.1, 0.15) is 19.8 Å². The zero-order valence-electron chi connectivity index (χ0n) is 7.29. The number of carbonyl (C=O) groups is 2. The number of rotatable bonds is 1. The van der Waals surface area contributed by atoms with Gasteiger partial charge in [0.2, 0.25) is 0 Å². The number of allylic oxidation sites excluding steroid dienone is 2. The van der Waals surface area contributed by atoms with Gasteiger partial charge in [0.05, 0.1) is 7.11 Å². The minimum atomic E-state index is -0.941. The normalized spacial score (nSPS) is 28.7. The van der Waals surface area contributed by atoms with Crippen molar-refractivity contribution in [2.75, 3.05) is 7.11 Å². The summed E-state index contributed by atoms with van der Waals surface area (Å²) in [5.41, 5.74) is -0.941. The van der Waals surface area contributed by atoms with Crippen LogP contribution in [0.3, 0.4) is 0 Å². The summed E-state index contributed by atoms with van der Waals surface area (Å²) < 4.78 is 4.57. The molecule has 0 aromatic heterocycles. The lowest BCUT2D eigenvalue weighted by molar-refractivity contribution is -0.156. The second-order valence-corrected chi connectivity index (χ2v) is 3.13. The van der Waals surface area contributed by atoms with Gasteiger partial charge < -0.3 is 4.74 Å². The fraction of sp³-hybridized carbons (Fsp3) is 0.556. The first-order valence-electron chi connectivity index (χ1n) is 3.90. The molecule has 1 aliphatic carbocycles. The number of hydrogen-bond donors (Lipinski definition) is 0. The Bertz CT molecular complexity index is 242. The molecule has 1 unspecified atom stereocenters. The molecule has 0 aliphatic heterocycles. The van der Waals surface area contributed by atoms with E-state index in [-0.39, 0.29) is 5.78 Å². The maximum Gasteiger partial charge on any atom is 0.319 e. The van der Waals surface area contributed by atoms with Gasteiger partial charge in [-0.05, 0) is 25.8 Å². The molecule has 0 aromatic rings. The van der Waals surface area contributed by atoms with Crippen molar-refractivity contribution in [1.29, 1.82) is 0 Å². The Morgan fingerprint density at radius 3 is 2.83 bits per heavy atom. The first-order chi connectivity index (χ1) is 5.61. The van der Waals surface area contributed by atoms with Gasteiger partial charge in [-0.25, -0.2) is 0 Å². The van der Waals surface area contributed by atoms with Crippen LogP contribution in [0, 0.1) is 5.41 Å². The summed E-state index contributed by atoms with van der Waals surface area (Å²) >= 11 is 0. The molecule has 1 aliphatic rings. The van der Waals surface area contributed by atoms with Crippen molar-refractivity contribution in [3.05, 3.63) is 12.2 Å². The van der Waals surface area contributed by atoms with E-state index in [1.807, 2.05) is 0 Å². The van der Waals surface area contributed by atoms with Crippen molar-refractivity contribution in [2.24, 2.45) is 5.41 Å². The molecule has 0 aromatic carbocycles. The molecule has 0 amide bonds. The van der Waals surface area contributed by atoms with E-state index in [2.05, 4.69) is 4.74 Å². The van der Waals surface area contributed by atoms with Crippen molar-refractivity contribution in [3.63, 3.8) is 0 Å². The predicted octanol–water partition coefficient (Wildman–Crippen LogP) is 1.08. The van der Waals surface area contributed by atoms with Crippen molar-refractivity contribution in [2.45, 2.75) is 19.8 Å². The third kappa shape index (κ3) is 1.26. The molecule has 0 fully saturated rings. The van der Waals surface area contributed by atoms with Crippen molar-refractivity contribution in [1.82, 2.24) is 0 Å². The van der Waals surface area contributed by atoms with Gasteiger partial charge in [-0.3, -0.25) is 9.59 Å². The summed E-state index contributed by atoms with van der Waals surface area (Å²) in [6.07, 6.45) is 4.56. The van der Waals surface area contributed by atoms with E-state index in [1.54, 1.807) is 13.0 Å². The topological polar surface area (TPSA) is 43.4 Å². The van der Waals surface area contributed by atoms with Crippen molar-refractivity contribution < 1.29 is 14.3 Å². The van der Waals surface area contributed by atoms with Crippen molar-refractivity contribution >= 4 is 11.8 Å². The van der Waals surface area contributed by atoms with E-state index in [0.717, 1.165) is 6.42 Å². The van der Waals surface area contributed by atoms with E-state index in [1.165, 1.54) is 13.2 Å². The molecular weight excluding hydrogens is 156 g/mol. The zero-order valence-corrected chi connectivity index (χ0v) is 7.29. The second kappa shape index (κ2) is 3.09. The number of ether oxygens (including phenoxy) is 1. The largest absolute Gasteiger partial charge is 0.468 e. The maximum atomic E-state index is 11.3. The van der Waals surface area contributed by atoms with Crippen LogP contribution in [0.4, 0.5) is 0 Å². The van der Waals surface area contributed by atoms with Gasteiger partial charge in [0, 0.05) is 0 Å². The average molecular weight is 168 g/mol. The summed E-state index contributed by atoms with van der Waals surface area (Å²) in [6.45, 7) is 1.63. The molecule has 0 bridgehead atoms. The van der Waals surface area contributed by atoms with Gasteiger partial charge in [0.15, 0.2) is 5.78 Å². The molecule has 3 heteroatoms. The Kier molecular flexibility index (Phi) is 2.31. The molecule has 0 spiro atoms. The number of ketones is 1. The first-order valence-corrected chi connectivity index (χ1v) is 3.90. The summed E-state index contributed by atoms with van der Waals surface area (Å²) in [5, 5.41) is 0. The zero-order chi connectivity index (χ0) is 9.19. The molecule has 3 nitrogen and oxygen atoms in total. The number of hydrogen-bond acceptors (Lipinski definition) is 3. The van der Waals surface area contributed by atoms with Gasteiger partial charge in [-0.1, -0.05) is 6.08 Å². The van der Waals surface area contributed by atoms with E-state index < -0.39 is 11.4 Å². The number of esters is 1. The first kappa shape index (κ1) is 8.97. The van der Waals surface area contributed by atoms with Crippen LogP contribution >= 0.6 is 0 Å². The molecule has 12 heavy (non-hydrogen) atoms. The van der Waals surface area contributed by atoms with Crippen LogP contribution in [-0.2, 0) is 14.3 Å². The minimum Gasteiger partial charge on any atom is -0.468 e. The molecule has 0 N–H and O–H groups in total. The highest BCUT2D eigenvalue weighted by molar-refractivity contribution is 6.09. The maximum absolute atomic E-state index is 11.3. The van der Waals surface area contributed by atoms with Crippen LogP contribution in [-0.4, -0.2) is 18.9 Å². The lowest BCUT2D eigenvalue weighted by Gasteiger charge is -2.25. The highest BCUT2D eigenvalue weighted by Gasteiger charge is 2.41. The van der Waals surface area contributed by atoms with Gasteiger partial charge in [-0.15, -0.1) is 0 Å². The van der Waals surface area contributed by atoms with E-state index >= 15 is 0 Å². The van der Waals surface area contributed by atoms with Gasteiger partial charge in [-0.2, -0.15) is 0 Å². The highest BCUT2D eigenvalue weighted by Crippen LogP contribution is 2.30. The van der Waals surface area contributed by atoms with Gasteiger partial charge in [0.25, 0.3) is 0 Å². The molecule has 0 heterocycles. The summed E-state index contributed by atoms with van der Waals surface area (Å²) in [6, 6.07) is 0. The van der Waals surface area contributed by atoms with Crippen LogP contribution in [0.5, 0.6) is 0 Å². The average Bonchev–Trinajstić information content (AvgIpc) is 2.09. The quantitative estimate of drug-likeness (QED) is 0.434. The SMILES string of the molecule is COC(=O)C1(C)CCC=CC1=O. The lowest BCUT2D eigenvalue weighted by Crippen LogP contribution is -2.37. The molecular formula is C9H12O3. The molecule has 0 radical (unpaired) electrons. The summed E-state index contributed by atoms with van der Waals surface area (Å²) in [5.74, 6) is -0.586. The number of methoxy groups -OCH3 is 1. The number of carbonyl (C=O) groups excluding carboxylic acids is 2. The fourth-order valence-corrected chi connectivity index (χ4v) is 1.30. The third-order valence-electron chi connectivity index (χ3n) is 2.26. The molecule has 1 atom stereocenters. The standard InChI is InChI=1S/C9H12O3/c1-9(8(11)12-2)6-4-3-5-7(9)10/h3,5H,4,6H2,1-2H3. The third-order valence-corrected chi connectivity index (χ3v) is 2.26. The van der Waals surface area contributed by atoms with Gasteiger partial charge >= 0.3 is 5.97 Å². The molecule has 1 rings (SSSR count). The van der Waals surface area contributed by atoms with Crippen LogP contribution in [0.2, 0.25) is 0 Å². The lowest BCUT2D eigenvalue weighted by atomic mass is 9.78. The Morgan fingerprint density at radius 2 is 2.33 bits per heavy atom. The molecule has 66 valence electrons. The second-order valence-electron chi connectivity index (χ2n) is 3.13. The molecule has 0 saturated carbocycles. The predicted molar refractivity (Wildman–Crippen MR) is 43.5 cm³/mol.